The van der Waals surface area contributed by atoms with Gasteiger partial charge in [0.1, 0.15) is 6.07 Å². The fourth-order valence-corrected chi connectivity index (χ4v) is 1.28. The van der Waals surface area contributed by atoms with Gasteiger partial charge in [0, 0.05) is 31.2 Å². The molecule has 0 aliphatic rings. The second-order valence-corrected chi connectivity index (χ2v) is 3.09. The molecule has 1 N–H and O–H groups in total. The van der Waals surface area contributed by atoms with E-state index in [9.17, 15) is 0 Å². The minimum Gasteiger partial charge on any atom is -0.357 e. The van der Waals surface area contributed by atoms with Gasteiger partial charge in [0.25, 0.3) is 0 Å². The Labute approximate surface area is 92.8 Å². The third-order valence-corrected chi connectivity index (χ3v) is 2.04. The molecular formula is C11H9N5. The van der Waals surface area contributed by atoms with Crippen LogP contribution < -0.4 is 5.32 Å². The molecule has 0 spiro atoms. The van der Waals surface area contributed by atoms with Gasteiger partial charge in [-0.3, -0.25) is 4.98 Å². The summed E-state index contributed by atoms with van der Waals surface area (Å²) in [5.74, 6) is 0.542. The maximum atomic E-state index is 8.77. The molecule has 0 saturated heterocycles. The van der Waals surface area contributed by atoms with Gasteiger partial charge in [-0.25, -0.2) is 9.97 Å². The number of rotatable bonds is 2. The first-order valence-electron chi connectivity index (χ1n) is 4.70. The zero-order valence-corrected chi connectivity index (χ0v) is 8.68. The Bertz CT molecular complexity index is 544. The normalized spacial score (nSPS) is 9.50. The van der Waals surface area contributed by atoms with E-state index in [4.69, 9.17) is 5.26 Å². The largest absolute Gasteiger partial charge is 0.357 e. The van der Waals surface area contributed by atoms with Gasteiger partial charge in [0.2, 0.25) is 5.95 Å². The van der Waals surface area contributed by atoms with Crippen molar-refractivity contribution in [3.63, 3.8) is 0 Å². The average Bonchev–Trinajstić information content (AvgIpc) is 2.39. The fourth-order valence-electron chi connectivity index (χ4n) is 1.28. The lowest BCUT2D eigenvalue weighted by atomic mass is 10.1. The zero-order chi connectivity index (χ0) is 11.4. The summed E-state index contributed by atoms with van der Waals surface area (Å²) in [7, 11) is 1.75. The Kier molecular flexibility index (Phi) is 2.74. The van der Waals surface area contributed by atoms with Gasteiger partial charge in [0.15, 0.2) is 0 Å². The van der Waals surface area contributed by atoms with Crippen LogP contribution in [-0.4, -0.2) is 22.0 Å². The first-order valence-corrected chi connectivity index (χ1v) is 4.70. The highest BCUT2D eigenvalue weighted by molar-refractivity contribution is 5.60. The molecule has 2 aromatic heterocycles. The van der Waals surface area contributed by atoms with E-state index < -0.39 is 0 Å². The Morgan fingerprint density at radius 1 is 1.38 bits per heavy atom. The molecule has 0 aromatic carbocycles. The van der Waals surface area contributed by atoms with Crippen molar-refractivity contribution in [3.05, 3.63) is 36.3 Å². The molecule has 0 saturated carbocycles. The number of nitrogens with zero attached hydrogens (tertiary/aromatic N) is 4. The van der Waals surface area contributed by atoms with E-state index in [0.29, 0.717) is 11.5 Å². The lowest BCUT2D eigenvalue weighted by Gasteiger charge is -2.02. The summed E-state index contributed by atoms with van der Waals surface area (Å²) >= 11 is 0. The first kappa shape index (κ1) is 10.1. The molecule has 5 nitrogen and oxygen atoms in total. The molecule has 0 amide bonds. The topological polar surface area (TPSA) is 74.5 Å². The molecule has 0 fully saturated rings. The third kappa shape index (κ3) is 1.96. The van der Waals surface area contributed by atoms with Crippen LogP contribution in [0, 0.1) is 11.3 Å². The molecule has 0 aliphatic heterocycles. The number of nitriles is 1. The fraction of sp³-hybridized carbons (Fsp3) is 0.0909. The summed E-state index contributed by atoms with van der Waals surface area (Å²) in [4.78, 5) is 12.3. The number of hydrogen-bond acceptors (Lipinski definition) is 5. The van der Waals surface area contributed by atoms with Crippen molar-refractivity contribution in [3.8, 4) is 17.3 Å². The second kappa shape index (κ2) is 4.36. The van der Waals surface area contributed by atoms with E-state index in [1.165, 1.54) is 6.20 Å². The van der Waals surface area contributed by atoms with Gasteiger partial charge in [-0.2, -0.15) is 5.26 Å². The predicted molar refractivity (Wildman–Crippen MR) is 59.5 cm³/mol. The first-order chi connectivity index (χ1) is 7.83. The highest BCUT2D eigenvalue weighted by atomic mass is 15.1. The Hall–Kier alpha value is -2.48. The SMILES string of the molecule is CNc1nccc(-c2cncc(C#N)c2)n1. The highest BCUT2D eigenvalue weighted by Crippen LogP contribution is 2.17. The molecule has 0 radical (unpaired) electrons. The van der Waals surface area contributed by atoms with Crippen LogP contribution in [0.1, 0.15) is 5.56 Å². The summed E-state index contributed by atoms with van der Waals surface area (Å²) in [6.45, 7) is 0. The van der Waals surface area contributed by atoms with Crippen molar-refractivity contribution in [1.29, 1.82) is 5.26 Å². The van der Waals surface area contributed by atoms with E-state index in [-0.39, 0.29) is 0 Å². The van der Waals surface area contributed by atoms with Gasteiger partial charge < -0.3 is 5.32 Å². The lowest BCUT2D eigenvalue weighted by molar-refractivity contribution is 1.15. The molecule has 0 bridgehead atoms. The summed E-state index contributed by atoms with van der Waals surface area (Å²) < 4.78 is 0. The van der Waals surface area contributed by atoms with Crippen LogP contribution in [0.3, 0.4) is 0 Å². The summed E-state index contributed by atoms with van der Waals surface area (Å²) in [5.41, 5.74) is 2.06. The van der Waals surface area contributed by atoms with Gasteiger partial charge in [-0.15, -0.1) is 0 Å². The lowest BCUT2D eigenvalue weighted by Crippen LogP contribution is -1.96. The summed E-state index contributed by atoms with van der Waals surface area (Å²) in [6, 6.07) is 5.57. The standard InChI is InChI=1S/C11H9N5/c1-13-11-15-3-2-10(16-11)9-4-8(5-12)6-14-7-9/h2-4,6-7H,1H3,(H,13,15,16). The van der Waals surface area contributed by atoms with Crippen molar-refractivity contribution >= 4 is 5.95 Å². The van der Waals surface area contributed by atoms with E-state index in [2.05, 4.69) is 20.3 Å². The number of pyridine rings is 1. The Morgan fingerprint density at radius 3 is 3.00 bits per heavy atom. The van der Waals surface area contributed by atoms with E-state index >= 15 is 0 Å². The van der Waals surface area contributed by atoms with Crippen molar-refractivity contribution < 1.29 is 0 Å². The van der Waals surface area contributed by atoms with Crippen molar-refractivity contribution in [1.82, 2.24) is 15.0 Å². The second-order valence-electron chi connectivity index (χ2n) is 3.09. The monoisotopic (exact) mass is 211 g/mol. The maximum absolute atomic E-state index is 8.77. The molecule has 2 aromatic rings. The van der Waals surface area contributed by atoms with Crippen LogP contribution in [0.15, 0.2) is 30.7 Å². The van der Waals surface area contributed by atoms with Crippen molar-refractivity contribution in [2.45, 2.75) is 0 Å². The van der Waals surface area contributed by atoms with Gasteiger partial charge in [0.05, 0.1) is 11.3 Å². The smallest absolute Gasteiger partial charge is 0.222 e. The molecule has 2 heterocycles. The number of hydrogen-bond donors (Lipinski definition) is 1. The molecule has 0 atom stereocenters. The molecule has 0 unspecified atom stereocenters. The van der Waals surface area contributed by atoms with Crippen LogP contribution >= 0.6 is 0 Å². The van der Waals surface area contributed by atoms with E-state index in [1.807, 2.05) is 6.07 Å². The number of nitrogens with one attached hydrogen (secondary N) is 1. The van der Waals surface area contributed by atoms with Crippen LogP contribution in [0.5, 0.6) is 0 Å². The quantitative estimate of drug-likeness (QED) is 0.813. The summed E-state index contributed by atoms with van der Waals surface area (Å²) in [5, 5.41) is 11.6. The third-order valence-electron chi connectivity index (χ3n) is 2.04. The number of anilines is 1. The molecule has 16 heavy (non-hydrogen) atoms. The molecular weight excluding hydrogens is 202 g/mol. The Balaban J connectivity index is 2.46. The average molecular weight is 211 g/mol. The highest BCUT2D eigenvalue weighted by Gasteiger charge is 2.02. The molecule has 5 heteroatoms. The minimum atomic E-state index is 0.516. The van der Waals surface area contributed by atoms with Crippen LogP contribution in [0.4, 0.5) is 5.95 Å². The van der Waals surface area contributed by atoms with Crippen LogP contribution in [-0.2, 0) is 0 Å². The summed E-state index contributed by atoms with van der Waals surface area (Å²) in [6.07, 6.45) is 4.85. The van der Waals surface area contributed by atoms with Crippen LogP contribution in [0.2, 0.25) is 0 Å². The minimum absolute atomic E-state index is 0.516. The Morgan fingerprint density at radius 2 is 2.25 bits per heavy atom. The van der Waals surface area contributed by atoms with Crippen molar-refractivity contribution in [2.24, 2.45) is 0 Å². The predicted octanol–water partition coefficient (Wildman–Crippen LogP) is 1.45. The van der Waals surface area contributed by atoms with Crippen LogP contribution in [0.25, 0.3) is 11.3 Å². The maximum Gasteiger partial charge on any atom is 0.222 e. The molecule has 0 aliphatic carbocycles. The van der Waals surface area contributed by atoms with E-state index in [0.717, 1.165) is 11.3 Å². The van der Waals surface area contributed by atoms with Gasteiger partial charge >= 0.3 is 0 Å². The van der Waals surface area contributed by atoms with Gasteiger partial charge in [-0.05, 0) is 12.1 Å². The number of aromatic nitrogens is 3. The molecule has 78 valence electrons. The van der Waals surface area contributed by atoms with E-state index in [1.54, 1.807) is 31.6 Å². The van der Waals surface area contributed by atoms with Gasteiger partial charge in [-0.1, -0.05) is 0 Å². The molecule has 2 rings (SSSR count). The zero-order valence-electron chi connectivity index (χ0n) is 8.68. The van der Waals surface area contributed by atoms with Crippen molar-refractivity contribution in [2.75, 3.05) is 12.4 Å².